The summed E-state index contributed by atoms with van der Waals surface area (Å²) in [5, 5.41) is 22.2. The van der Waals surface area contributed by atoms with E-state index < -0.39 is 0 Å². The number of nitrogens with one attached hydrogen (secondary N) is 1. The molecule has 0 bridgehead atoms. The minimum absolute atomic E-state index is 0.149. The minimum Gasteiger partial charge on any atom is -0.394 e. The van der Waals surface area contributed by atoms with Crippen LogP contribution in [0.5, 0.6) is 0 Å². The Hall–Kier alpha value is -1.57. The first-order valence-electron chi connectivity index (χ1n) is 7.41. The highest BCUT2D eigenvalue weighted by molar-refractivity contribution is 5.61. The second-order valence-electron chi connectivity index (χ2n) is 5.27. The molecule has 1 aromatic rings. The predicted molar refractivity (Wildman–Crippen MR) is 80.6 cm³/mol. The van der Waals surface area contributed by atoms with Gasteiger partial charge in [0.05, 0.1) is 23.9 Å². The zero-order valence-electron chi connectivity index (χ0n) is 12.1. The Bertz CT molecular complexity index is 481. The van der Waals surface area contributed by atoms with Gasteiger partial charge in [-0.2, -0.15) is 5.26 Å². The molecule has 1 unspecified atom stereocenters. The fraction of sp³-hybridized carbons (Fsp3) is 0.562. The van der Waals surface area contributed by atoms with Gasteiger partial charge < -0.3 is 15.3 Å². The molecule has 4 heteroatoms. The van der Waals surface area contributed by atoms with Crippen molar-refractivity contribution in [1.29, 1.82) is 5.26 Å². The van der Waals surface area contributed by atoms with E-state index in [1.807, 2.05) is 12.1 Å². The molecule has 108 valence electrons. The van der Waals surface area contributed by atoms with Crippen LogP contribution in [-0.4, -0.2) is 30.8 Å². The predicted octanol–water partition coefficient (Wildman–Crippen LogP) is 2.02. The highest BCUT2D eigenvalue weighted by Gasteiger charge is 2.23. The molecule has 1 aromatic carbocycles. The molecule has 1 saturated heterocycles. The standard InChI is InChI=1S/C16H23N3O/c1-2-18-11-13-6-7-16(14(9-13)10-17)19-8-4-3-5-15(19)12-20/h6-7,9,15,18,20H,2-5,8,11-12H2,1H3. The number of rotatable bonds is 5. The maximum absolute atomic E-state index is 9.52. The van der Waals surface area contributed by atoms with Gasteiger partial charge in [-0.1, -0.05) is 13.0 Å². The molecule has 1 aliphatic rings. The normalized spacial score (nSPS) is 18.9. The molecular formula is C16H23N3O. The van der Waals surface area contributed by atoms with Crippen LogP contribution in [0.15, 0.2) is 18.2 Å². The minimum atomic E-state index is 0.149. The van der Waals surface area contributed by atoms with Crippen LogP contribution in [0.4, 0.5) is 5.69 Å². The summed E-state index contributed by atoms with van der Waals surface area (Å²) in [5.74, 6) is 0. The molecule has 0 aliphatic carbocycles. The number of nitriles is 1. The summed E-state index contributed by atoms with van der Waals surface area (Å²) >= 11 is 0. The SMILES string of the molecule is CCNCc1ccc(N2CCCCC2CO)c(C#N)c1. The average Bonchev–Trinajstić information content (AvgIpc) is 2.52. The average molecular weight is 273 g/mol. The van der Waals surface area contributed by atoms with E-state index in [9.17, 15) is 10.4 Å². The summed E-state index contributed by atoms with van der Waals surface area (Å²) in [4.78, 5) is 2.19. The Morgan fingerprint density at radius 1 is 1.45 bits per heavy atom. The van der Waals surface area contributed by atoms with E-state index >= 15 is 0 Å². The van der Waals surface area contributed by atoms with Crippen molar-refractivity contribution in [2.24, 2.45) is 0 Å². The zero-order valence-corrected chi connectivity index (χ0v) is 12.1. The van der Waals surface area contributed by atoms with Gasteiger partial charge in [0.15, 0.2) is 0 Å². The summed E-state index contributed by atoms with van der Waals surface area (Å²) in [6.45, 7) is 4.85. The number of aliphatic hydroxyl groups excluding tert-OH is 1. The topological polar surface area (TPSA) is 59.3 Å². The summed E-state index contributed by atoms with van der Waals surface area (Å²) in [6.07, 6.45) is 3.28. The van der Waals surface area contributed by atoms with Crippen LogP contribution in [0.3, 0.4) is 0 Å². The zero-order chi connectivity index (χ0) is 14.4. The van der Waals surface area contributed by atoms with E-state index in [0.29, 0.717) is 5.56 Å². The number of nitrogens with zero attached hydrogens (tertiary/aromatic N) is 2. The molecule has 0 aromatic heterocycles. The van der Waals surface area contributed by atoms with Crippen molar-refractivity contribution >= 4 is 5.69 Å². The van der Waals surface area contributed by atoms with Gasteiger partial charge in [0.25, 0.3) is 0 Å². The molecule has 2 rings (SSSR count). The quantitative estimate of drug-likeness (QED) is 0.861. The van der Waals surface area contributed by atoms with Crippen molar-refractivity contribution < 1.29 is 5.11 Å². The molecule has 1 aliphatic heterocycles. The molecule has 0 spiro atoms. The molecule has 4 nitrogen and oxygen atoms in total. The lowest BCUT2D eigenvalue weighted by Crippen LogP contribution is -2.42. The van der Waals surface area contributed by atoms with Crippen LogP contribution in [-0.2, 0) is 6.54 Å². The maximum atomic E-state index is 9.52. The van der Waals surface area contributed by atoms with Crippen LogP contribution in [0.2, 0.25) is 0 Å². The van der Waals surface area contributed by atoms with E-state index in [1.54, 1.807) is 0 Å². The Morgan fingerprint density at radius 3 is 3.00 bits per heavy atom. The monoisotopic (exact) mass is 273 g/mol. The van der Waals surface area contributed by atoms with Crippen molar-refractivity contribution in [3.8, 4) is 6.07 Å². The Labute approximate surface area is 121 Å². The third-order valence-electron chi connectivity index (χ3n) is 3.91. The van der Waals surface area contributed by atoms with Crippen LogP contribution >= 0.6 is 0 Å². The number of anilines is 1. The van der Waals surface area contributed by atoms with Crippen LogP contribution in [0, 0.1) is 11.3 Å². The van der Waals surface area contributed by atoms with E-state index in [2.05, 4.69) is 29.3 Å². The third kappa shape index (κ3) is 3.30. The van der Waals surface area contributed by atoms with Crippen molar-refractivity contribution in [3.63, 3.8) is 0 Å². The molecule has 1 heterocycles. The Kier molecular flexibility index (Phi) is 5.40. The number of hydrogen-bond donors (Lipinski definition) is 2. The molecule has 20 heavy (non-hydrogen) atoms. The first-order chi connectivity index (χ1) is 9.80. The molecule has 1 atom stereocenters. The smallest absolute Gasteiger partial charge is 0.101 e. The second-order valence-corrected chi connectivity index (χ2v) is 5.27. The first-order valence-corrected chi connectivity index (χ1v) is 7.41. The van der Waals surface area contributed by atoms with E-state index in [4.69, 9.17) is 0 Å². The van der Waals surface area contributed by atoms with Gasteiger partial charge in [0, 0.05) is 13.1 Å². The lowest BCUT2D eigenvalue weighted by atomic mass is 9.99. The first kappa shape index (κ1) is 14.8. The highest BCUT2D eigenvalue weighted by Crippen LogP contribution is 2.28. The van der Waals surface area contributed by atoms with Gasteiger partial charge >= 0.3 is 0 Å². The summed E-state index contributed by atoms with van der Waals surface area (Å²) in [6, 6.07) is 8.51. The van der Waals surface area contributed by atoms with E-state index in [-0.39, 0.29) is 12.6 Å². The number of piperidine rings is 1. The van der Waals surface area contributed by atoms with Crippen molar-refractivity contribution in [3.05, 3.63) is 29.3 Å². The third-order valence-corrected chi connectivity index (χ3v) is 3.91. The maximum Gasteiger partial charge on any atom is 0.101 e. The Morgan fingerprint density at radius 2 is 2.30 bits per heavy atom. The molecule has 0 saturated carbocycles. The summed E-state index contributed by atoms with van der Waals surface area (Å²) in [7, 11) is 0. The molecule has 0 radical (unpaired) electrons. The van der Waals surface area contributed by atoms with Gasteiger partial charge in [-0.05, 0) is 43.5 Å². The molecule has 2 N–H and O–H groups in total. The number of benzene rings is 1. The van der Waals surface area contributed by atoms with Gasteiger partial charge in [-0.3, -0.25) is 0 Å². The molecular weight excluding hydrogens is 250 g/mol. The fourth-order valence-corrected chi connectivity index (χ4v) is 2.81. The number of aliphatic hydroxyl groups is 1. The van der Waals surface area contributed by atoms with Crippen LogP contribution in [0.25, 0.3) is 0 Å². The van der Waals surface area contributed by atoms with Crippen molar-refractivity contribution in [2.45, 2.75) is 38.8 Å². The van der Waals surface area contributed by atoms with E-state index in [0.717, 1.165) is 50.1 Å². The lowest BCUT2D eigenvalue weighted by Gasteiger charge is -2.37. The van der Waals surface area contributed by atoms with Crippen molar-refractivity contribution in [2.75, 3.05) is 24.6 Å². The molecule has 0 amide bonds. The van der Waals surface area contributed by atoms with Crippen LogP contribution < -0.4 is 10.2 Å². The lowest BCUT2D eigenvalue weighted by molar-refractivity contribution is 0.240. The van der Waals surface area contributed by atoms with Gasteiger partial charge in [0.2, 0.25) is 0 Å². The Balaban J connectivity index is 2.24. The van der Waals surface area contributed by atoms with Gasteiger partial charge in [-0.15, -0.1) is 0 Å². The summed E-state index contributed by atoms with van der Waals surface area (Å²) < 4.78 is 0. The van der Waals surface area contributed by atoms with Gasteiger partial charge in [0.1, 0.15) is 6.07 Å². The number of hydrogen-bond acceptors (Lipinski definition) is 4. The van der Waals surface area contributed by atoms with Gasteiger partial charge in [-0.25, -0.2) is 0 Å². The van der Waals surface area contributed by atoms with Crippen LogP contribution in [0.1, 0.15) is 37.3 Å². The fourth-order valence-electron chi connectivity index (χ4n) is 2.81. The largest absolute Gasteiger partial charge is 0.394 e. The second kappa shape index (κ2) is 7.28. The van der Waals surface area contributed by atoms with E-state index in [1.165, 1.54) is 0 Å². The highest BCUT2D eigenvalue weighted by atomic mass is 16.3. The van der Waals surface area contributed by atoms with Crippen molar-refractivity contribution in [1.82, 2.24) is 5.32 Å². The molecule has 1 fully saturated rings. The summed E-state index contributed by atoms with van der Waals surface area (Å²) in [5.41, 5.74) is 2.80.